The normalized spacial score (nSPS) is 15.9. The van der Waals surface area contributed by atoms with Gasteiger partial charge in [0, 0.05) is 18.5 Å². The molecular weight excluding hydrogens is 577 g/mol. The number of carbonyl (C=O) groups excluding carboxylic acids is 2. The highest BCUT2D eigenvalue weighted by atomic mass is 32.2. The summed E-state index contributed by atoms with van der Waals surface area (Å²) in [5, 5.41) is 3.80. The molecule has 4 N–H and O–H groups in total. The highest BCUT2D eigenvalue weighted by Crippen LogP contribution is 2.32. The number of amides is 2. The number of rotatable bonds is 7. The van der Waals surface area contributed by atoms with Crippen LogP contribution in [0.5, 0.6) is 5.75 Å². The molecule has 0 spiro atoms. The lowest BCUT2D eigenvalue weighted by molar-refractivity contribution is -0.174. The summed E-state index contributed by atoms with van der Waals surface area (Å²) in [7, 11) is -2.92. The lowest BCUT2D eigenvalue weighted by Crippen LogP contribution is -2.46. The third-order valence-electron chi connectivity index (χ3n) is 7.11. The van der Waals surface area contributed by atoms with E-state index in [1.807, 2.05) is 12.1 Å². The molecule has 1 saturated heterocycles. The Balaban J connectivity index is 1.43. The number of halogens is 3. The maximum atomic E-state index is 12.6. The van der Waals surface area contributed by atoms with Crippen molar-refractivity contribution in [1.82, 2.24) is 15.2 Å². The van der Waals surface area contributed by atoms with Crippen molar-refractivity contribution in [2.24, 2.45) is 0 Å². The van der Waals surface area contributed by atoms with E-state index in [4.69, 9.17) is 10.5 Å². The fourth-order valence-corrected chi connectivity index (χ4v) is 5.65. The third kappa shape index (κ3) is 5.94. The predicted molar refractivity (Wildman–Crippen MR) is 147 cm³/mol. The molecule has 0 saturated carbocycles. The van der Waals surface area contributed by atoms with Crippen LogP contribution in [0.25, 0.3) is 21.7 Å². The summed E-state index contributed by atoms with van der Waals surface area (Å²) >= 11 is 0. The first kappa shape index (κ1) is 29.1. The van der Waals surface area contributed by atoms with Crippen LogP contribution in [-0.4, -0.2) is 60.5 Å². The minimum Gasteiger partial charge on any atom is -0.497 e. The number of hydrogen-bond acceptors (Lipinski definition) is 7. The zero-order valence-corrected chi connectivity index (χ0v) is 22.9. The van der Waals surface area contributed by atoms with Gasteiger partial charge in [-0.3, -0.25) is 14.1 Å². The molecule has 1 aliphatic heterocycles. The summed E-state index contributed by atoms with van der Waals surface area (Å²) in [6.07, 6.45) is -4.65. The molecule has 1 aromatic heterocycles. The lowest BCUT2D eigenvalue weighted by atomic mass is 9.95. The van der Waals surface area contributed by atoms with Gasteiger partial charge < -0.3 is 20.7 Å². The first-order chi connectivity index (χ1) is 19.7. The van der Waals surface area contributed by atoms with Gasteiger partial charge in [-0.1, -0.05) is 18.2 Å². The molecule has 1 unspecified atom stereocenters. The Labute approximate surface area is 238 Å². The van der Waals surface area contributed by atoms with Crippen LogP contribution in [0.3, 0.4) is 0 Å². The van der Waals surface area contributed by atoms with Crippen molar-refractivity contribution >= 4 is 49.4 Å². The van der Waals surface area contributed by atoms with E-state index in [1.165, 1.54) is 24.1 Å². The van der Waals surface area contributed by atoms with E-state index in [1.54, 1.807) is 35.6 Å². The minimum atomic E-state index is -5.07. The van der Waals surface area contributed by atoms with Gasteiger partial charge >= 0.3 is 12.1 Å². The first-order valence-corrected chi connectivity index (χ1v) is 14.1. The van der Waals surface area contributed by atoms with Crippen LogP contribution in [0.2, 0.25) is 0 Å². The van der Waals surface area contributed by atoms with Gasteiger partial charge in [0.05, 0.1) is 17.5 Å². The van der Waals surface area contributed by atoms with Crippen molar-refractivity contribution < 1.29 is 40.5 Å². The SMILES string of the molecule is COc1cc(Cc2cc(N)nc3cc(CN4CCC(NC(=O)C(F)(F)F)C4=O)ccc23)c2ccc(S(=O)(=O)O)cc2c1. The third-order valence-corrected chi connectivity index (χ3v) is 7.96. The van der Waals surface area contributed by atoms with Gasteiger partial charge in [-0.2, -0.15) is 21.6 Å². The van der Waals surface area contributed by atoms with Crippen LogP contribution >= 0.6 is 0 Å². The lowest BCUT2D eigenvalue weighted by Gasteiger charge is -2.18. The molecule has 1 fully saturated rings. The topological polar surface area (TPSA) is 152 Å². The Bertz CT molecular complexity index is 1850. The second-order valence-corrected chi connectivity index (χ2v) is 11.4. The minimum absolute atomic E-state index is 0.0593. The number of methoxy groups -OCH3 is 1. The maximum absolute atomic E-state index is 12.6. The summed E-state index contributed by atoms with van der Waals surface area (Å²) < 4.78 is 76.0. The molecule has 0 radical (unpaired) electrons. The zero-order valence-electron chi connectivity index (χ0n) is 22.1. The van der Waals surface area contributed by atoms with Crippen molar-refractivity contribution in [3.05, 3.63) is 71.3 Å². The highest BCUT2D eigenvalue weighted by Gasteiger charge is 2.43. The van der Waals surface area contributed by atoms with Crippen molar-refractivity contribution in [3.63, 3.8) is 0 Å². The van der Waals surface area contributed by atoms with Crippen LogP contribution in [0.15, 0.2) is 59.5 Å². The second-order valence-electron chi connectivity index (χ2n) is 9.95. The number of benzene rings is 3. The fourth-order valence-electron chi connectivity index (χ4n) is 5.13. The summed E-state index contributed by atoms with van der Waals surface area (Å²) in [4.78, 5) is 29.5. The number of nitrogens with two attached hydrogens (primary N) is 1. The van der Waals surface area contributed by atoms with Crippen LogP contribution < -0.4 is 15.8 Å². The van der Waals surface area contributed by atoms with E-state index < -0.39 is 34.2 Å². The number of nitrogens with zero attached hydrogens (tertiary/aromatic N) is 2. The average molecular weight is 603 g/mol. The van der Waals surface area contributed by atoms with E-state index in [2.05, 4.69) is 4.98 Å². The summed E-state index contributed by atoms with van der Waals surface area (Å²) in [5.74, 6) is -2.03. The van der Waals surface area contributed by atoms with Crippen molar-refractivity contribution in [2.75, 3.05) is 19.4 Å². The molecule has 14 heteroatoms. The monoisotopic (exact) mass is 602 g/mol. The smallest absolute Gasteiger partial charge is 0.471 e. The molecule has 0 aliphatic carbocycles. The zero-order chi connectivity index (χ0) is 30.4. The molecule has 3 aromatic carbocycles. The van der Waals surface area contributed by atoms with Gasteiger partial charge in [-0.25, -0.2) is 4.98 Å². The molecule has 1 atom stereocenters. The van der Waals surface area contributed by atoms with Gasteiger partial charge in [0.25, 0.3) is 10.1 Å². The van der Waals surface area contributed by atoms with Gasteiger partial charge in [-0.15, -0.1) is 0 Å². The van der Waals surface area contributed by atoms with Crippen LogP contribution in [0, 0.1) is 0 Å². The van der Waals surface area contributed by atoms with Crippen molar-refractivity contribution in [2.45, 2.75) is 36.5 Å². The quantitative estimate of drug-likeness (QED) is 0.272. The number of anilines is 1. The number of fused-ring (bicyclic) bond motifs is 2. The molecular formula is C28H25F3N4O6S. The second kappa shape index (κ2) is 10.8. The number of alkyl halides is 3. The van der Waals surface area contributed by atoms with E-state index >= 15 is 0 Å². The average Bonchev–Trinajstić information content (AvgIpc) is 3.25. The number of carbonyl (C=O) groups is 2. The number of nitrogen functional groups attached to an aromatic ring is 1. The predicted octanol–water partition coefficient (Wildman–Crippen LogP) is 3.60. The summed E-state index contributed by atoms with van der Waals surface area (Å²) in [6.45, 7) is 0.285. The highest BCUT2D eigenvalue weighted by molar-refractivity contribution is 7.85. The van der Waals surface area contributed by atoms with E-state index in [-0.39, 0.29) is 30.2 Å². The van der Waals surface area contributed by atoms with Crippen molar-refractivity contribution in [1.29, 1.82) is 0 Å². The first-order valence-electron chi connectivity index (χ1n) is 12.7. The standard InChI is InChI=1S/C28H25F3N4O6S/c1-41-19-10-16(21-5-3-20(42(38,39)40)12-18(21)11-19)9-17-13-25(32)33-24-8-15(2-4-22(17)24)14-35-7-6-23(26(35)36)34-27(37)28(29,30)31/h2-5,8,10-13,23H,6-7,9,14H2,1H3,(H2,32,33)(H,34,37)(H,38,39,40). The van der Waals surface area contributed by atoms with Gasteiger partial charge in [0.2, 0.25) is 5.91 Å². The number of pyridine rings is 1. The van der Waals surface area contributed by atoms with Crippen LogP contribution in [0.4, 0.5) is 19.0 Å². The van der Waals surface area contributed by atoms with Crippen LogP contribution in [-0.2, 0) is 32.7 Å². The van der Waals surface area contributed by atoms with Gasteiger partial charge in [0.15, 0.2) is 0 Å². The number of likely N-dealkylation sites (tertiary alicyclic amines) is 1. The fraction of sp³-hybridized carbons (Fsp3) is 0.250. The Morgan fingerprint density at radius 3 is 2.52 bits per heavy atom. The molecule has 10 nitrogen and oxygen atoms in total. The van der Waals surface area contributed by atoms with Crippen molar-refractivity contribution in [3.8, 4) is 5.75 Å². The Morgan fingerprint density at radius 1 is 1.12 bits per heavy atom. The maximum Gasteiger partial charge on any atom is 0.471 e. The molecule has 2 amide bonds. The molecule has 0 bridgehead atoms. The van der Waals surface area contributed by atoms with Gasteiger partial charge in [-0.05, 0) is 76.7 Å². The molecule has 42 heavy (non-hydrogen) atoms. The molecule has 220 valence electrons. The number of nitrogens with one attached hydrogen (secondary N) is 1. The number of hydrogen-bond donors (Lipinski definition) is 3. The van der Waals surface area contributed by atoms with Crippen LogP contribution in [0.1, 0.15) is 23.1 Å². The largest absolute Gasteiger partial charge is 0.497 e. The summed E-state index contributed by atoms with van der Waals surface area (Å²) in [5.41, 5.74) is 8.95. The Kier molecular flexibility index (Phi) is 7.45. The molecule has 4 aromatic rings. The van der Waals surface area contributed by atoms with E-state index in [0.29, 0.717) is 28.6 Å². The summed E-state index contributed by atoms with van der Waals surface area (Å²) in [6, 6.07) is 13.6. The van der Waals surface area contributed by atoms with Gasteiger partial charge in [0.1, 0.15) is 17.6 Å². The molecule has 5 rings (SSSR count). The number of ether oxygens (including phenoxy) is 1. The molecule has 1 aliphatic rings. The Morgan fingerprint density at radius 2 is 1.83 bits per heavy atom. The van der Waals surface area contributed by atoms with E-state index in [9.17, 15) is 35.7 Å². The number of aromatic nitrogens is 1. The van der Waals surface area contributed by atoms with E-state index in [0.717, 1.165) is 21.9 Å². The molecule has 2 heterocycles. The Hall–Kier alpha value is -4.43.